The average molecular weight is 344 g/mol. The van der Waals surface area contributed by atoms with Crippen molar-refractivity contribution >= 4 is 46.4 Å². The summed E-state index contributed by atoms with van der Waals surface area (Å²) in [6.45, 7) is 0.291. The maximum atomic E-state index is 12.8. The van der Waals surface area contributed by atoms with Gasteiger partial charge in [-0.25, -0.2) is 0 Å². The van der Waals surface area contributed by atoms with Gasteiger partial charge in [-0.2, -0.15) is 26.3 Å². The third kappa shape index (κ3) is 1.66. The molecule has 1 rings (SSSR count). The maximum Gasteiger partial charge on any atom is 0.401 e. The lowest BCUT2D eigenvalue weighted by atomic mass is 9.89. The van der Waals surface area contributed by atoms with E-state index in [1.54, 1.807) is 0 Å². The van der Waals surface area contributed by atoms with Crippen LogP contribution in [0.5, 0.6) is 0 Å². The summed E-state index contributed by atoms with van der Waals surface area (Å²) in [5.41, 5.74) is -3.64. The molecule has 1 atom stereocenters. The van der Waals surface area contributed by atoms with Gasteiger partial charge in [0.05, 0.1) is 5.92 Å². The van der Waals surface area contributed by atoms with Gasteiger partial charge in [0.2, 0.25) is 0 Å². The Bertz CT molecular complexity index is 316. The van der Waals surface area contributed by atoms with Crippen LogP contribution in [0.25, 0.3) is 0 Å². The quantitative estimate of drug-likeness (QED) is 0.459. The van der Waals surface area contributed by atoms with Gasteiger partial charge in [-0.15, -0.1) is 0 Å². The fourth-order valence-electron chi connectivity index (χ4n) is 1.83. The monoisotopic (exact) mass is 342 g/mol. The minimum absolute atomic E-state index is 0.291. The van der Waals surface area contributed by atoms with Gasteiger partial charge in [-0.3, -0.25) is 0 Å². The van der Waals surface area contributed by atoms with Crippen LogP contribution >= 0.6 is 46.4 Å². The summed E-state index contributed by atoms with van der Waals surface area (Å²) >= 11 is 20.9. The normalized spacial score (nSPS) is 27.7. The third-order valence-electron chi connectivity index (χ3n) is 2.91. The van der Waals surface area contributed by atoms with Crippen molar-refractivity contribution in [3.63, 3.8) is 0 Å². The standard InChI is InChI=1S/C7H4Cl4F6/c1-2(4(12,13)14)3(7(15,16)17)5(8,9)6(3,10)11/h2H,1H3. The SMILES string of the molecule is CC(C(F)(F)F)C1(C(F)(F)F)C(Cl)(Cl)C1(Cl)Cl. The van der Waals surface area contributed by atoms with Crippen LogP contribution in [-0.4, -0.2) is 21.0 Å². The molecule has 0 amide bonds. The van der Waals surface area contributed by atoms with E-state index < -0.39 is 32.4 Å². The largest absolute Gasteiger partial charge is 0.401 e. The lowest BCUT2D eigenvalue weighted by molar-refractivity contribution is -0.262. The second-order valence-corrected chi connectivity index (χ2v) is 6.37. The van der Waals surface area contributed by atoms with Gasteiger partial charge in [-0.05, 0) is 0 Å². The second kappa shape index (κ2) is 3.64. The molecular formula is C7H4Cl4F6. The van der Waals surface area contributed by atoms with Crippen molar-refractivity contribution in [3.05, 3.63) is 0 Å². The van der Waals surface area contributed by atoms with E-state index in [0.29, 0.717) is 6.92 Å². The number of halogens is 10. The molecule has 1 aliphatic rings. The average Bonchev–Trinajstić information content (AvgIpc) is 2.34. The van der Waals surface area contributed by atoms with Crippen molar-refractivity contribution in [2.24, 2.45) is 11.3 Å². The summed E-state index contributed by atoms with van der Waals surface area (Å²) in [5, 5.41) is 0. The Labute approximate surface area is 112 Å². The van der Waals surface area contributed by atoms with Crippen LogP contribution in [-0.2, 0) is 0 Å². The van der Waals surface area contributed by atoms with Crippen LogP contribution in [0.1, 0.15) is 6.92 Å². The number of hydrogen-bond donors (Lipinski definition) is 0. The van der Waals surface area contributed by atoms with Crippen molar-refractivity contribution in [2.45, 2.75) is 27.9 Å². The summed E-state index contributed by atoms with van der Waals surface area (Å²) in [5.74, 6) is -2.93. The molecule has 1 saturated carbocycles. The Morgan fingerprint density at radius 3 is 1.18 bits per heavy atom. The number of rotatable bonds is 1. The Hall–Kier alpha value is 0.740. The van der Waals surface area contributed by atoms with E-state index in [0.717, 1.165) is 0 Å². The van der Waals surface area contributed by atoms with Gasteiger partial charge in [-0.1, -0.05) is 53.3 Å². The highest BCUT2D eigenvalue weighted by Crippen LogP contribution is 2.86. The van der Waals surface area contributed by atoms with Gasteiger partial charge in [0.25, 0.3) is 0 Å². The van der Waals surface area contributed by atoms with Crippen molar-refractivity contribution in [1.29, 1.82) is 0 Å². The molecular weight excluding hydrogens is 340 g/mol. The molecule has 0 nitrogen and oxygen atoms in total. The topological polar surface area (TPSA) is 0 Å². The Morgan fingerprint density at radius 1 is 0.824 bits per heavy atom. The second-order valence-electron chi connectivity index (χ2n) is 3.72. The fraction of sp³-hybridized carbons (Fsp3) is 1.00. The van der Waals surface area contributed by atoms with E-state index in [1.165, 1.54) is 0 Å². The van der Waals surface area contributed by atoms with Crippen LogP contribution in [0.2, 0.25) is 0 Å². The zero-order valence-corrected chi connectivity index (χ0v) is 10.9. The van der Waals surface area contributed by atoms with Crippen molar-refractivity contribution in [3.8, 4) is 0 Å². The predicted molar refractivity (Wildman–Crippen MR) is 52.6 cm³/mol. The molecule has 17 heavy (non-hydrogen) atoms. The molecule has 0 bridgehead atoms. The zero-order chi connectivity index (χ0) is 14.1. The molecule has 0 aromatic carbocycles. The maximum absolute atomic E-state index is 12.8. The molecule has 0 aromatic rings. The molecule has 1 fully saturated rings. The molecule has 1 unspecified atom stereocenters. The summed E-state index contributed by atoms with van der Waals surface area (Å²) < 4.78 is 70.0. The van der Waals surface area contributed by atoms with E-state index in [2.05, 4.69) is 0 Å². The van der Waals surface area contributed by atoms with E-state index in [9.17, 15) is 26.3 Å². The number of alkyl halides is 10. The molecule has 0 heterocycles. The minimum atomic E-state index is -5.39. The van der Waals surface area contributed by atoms with Crippen LogP contribution in [0.4, 0.5) is 26.3 Å². The van der Waals surface area contributed by atoms with Gasteiger partial charge in [0.1, 0.15) is 5.41 Å². The zero-order valence-electron chi connectivity index (χ0n) is 7.86. The van der Waals surface area contributed by atoms with Gasteiger partial charge < -0.3 is 0 Å². The van der Waals surface area contributed by atoms with E-state index in [1.807, 2.05) is 0 Å². The molecule has 0 N–H and O–H groups in total. The number of hydrogen-bond acceptors (Lipinski definition) is 0. The van der Waals surface area contributed by atoms with E-state index >= 15 is 0 Å². The first-order valence-corrected chi connectivity index (χ1v) is 5.56. The Balaban J connectivity index is 3.39. The lowest BCUT2D eigenvalue weighted by Crippen LogP contribution is -2.44. The highest BCUT2D eigenvalue weighted by molar-refractivity contribution is 6.69. The van der Waals surface area contributed by atoms with E-state index in [4.69, 9.17) is 46.4 Å². The minimum Gasteiger partial charge on any atom is -0.171 e. The smallest absolute Gasteiger partial charge is 0.171 e. The van der Waals surface area contributed by atoms with Gasteiger partial charge in [0, 0.05) is 0 Å². The summed E-state index contributed by atoms with van der Waals surface area (Å²) in [7, 11) is 0. The first kappa shape index (κ1) is 15.8. The van der Waals surface area contributed by atoms with Gasteiger partial charge in [0.15, 0.2) is 8.67 Å². The molecule has 0 radical (unpaired) electrons. The molecule has 0 aliphatic heterocycles. The molecule has 0 aromatic heterocycles. The van der Waals surface area contributed by atoms with Crippen LogP contribution in [0.15, 0.2) is 0 Å². The summed E-state index contributed by atoms with van der Waals surface area (Å²) in [4.78, 5) is 0. The molecule has 0 spiro atoms. The first-order valence-electron chi connectivity index (χ1n) is 4.04. The summed E-state index contributed by atoms with van der Waals surface area (Å²) in [6.07, 6.45) is -10.6. The van der Waals surface area contributed by atoms with Crippen LogP contribution < -0.4 is 0 Å². The van der Waals surface area contributed by atoms with Crippen molar-refractivity contribution in [1.82, 2.24) is 0 Å². The van der Waals surface area contributed by atoms with Crippen LogP contribution in [0, 0.1) is 11.3 Å². The highest BCUT2D eigenvalue weighted by atomic mass is 35.5. The van der Waals surface area contributed by atoms with Crippen LogP contribution in [0.3, 0.4) is 0 Å². The lowest BCUT2D eigenvalue weighted by Gasteiger charge is -2.29. The van der Waals surface area contributed by atoms with Gasteiger partial charge >= 0.3 is 12.4 Å². The Morgan fingerprint density at radius 2 is 1.12 bits per heavy atom. The van der Waals surface area contributed by atoms with E-state index in [-0.39, 0.29) is 0 Å². The third-order valence-corrected chi connectivity index (χ3v) is 5.62. The molecule has 0 saturated heterocycles. The highest BCUT2D eigenvalue weighted by Gasteiger charge is 2.99. The predicted octanol–water partition coefficient (Wildman–Crippen LogP) is 5.09. The van der Waals surface area contributed by atoms with Crippen molar-refractivity contribution in [2.75, 3.05) is 0 Å². The molecule has 102 valence electrons. The van der Waals surface area contributed by atoms with Crippen molar-refractivity contribution < 1.29 is 26.3 Å². The first-order chi connectivity index (χ1) is 7.15. The Kier molecular flexibility index (Phi) is 3.39. The molecule has 1 aliphatic carbocycles. The fourth-order valence-corrected chi connectivity index (χ4v) is 4.08. The summed E-state index contributed by atoms with van der Waals surface area (Å²) in [6, 6.07) is 0. The molecule has 10 heteroatoms.